The molecule has 0 atom stereocenters. The standard InChI is InChI=1S/C20H16N4O3/c25-20(17-8-6-15(7-9-17)11-24-14-21-13-23-24)26-12-19-22-10-18(27-19)16-4-2-1-3-5-16/h1-10,13-14H,11-12H2. The number of ether oxygens (including phenoxy) is 1. The van der Waals surface area contributed by atoms with Crippen molar-refractivity contribution in [1.82, 2.24) is 19.7 Å². The summed E-state index contributed by atoms with van der Waals surface area (Å²) in [5.74, 6) is 0.561. The van der Waals surface area contributed by atoms with Crippen molar-refractivity contribution in [2.45, 2.75) is 13.2 Å². The zero-order valence-corrected chi connectivity index (χ0v) is 14.4. The van der Waals surface area contributed by atoms with Gasteiger partial charge in [-0.05, 0) is 17.7 Å². The molecule has 0 amide bonds. The van der Waals surface area contributed by atoms with Gasteiger partial charge in [0.2, 0.25) is 5.89 Å². The molecule has 0 spiro atoms. The Bertz CT molecular complexity index is 1010. The average Bonchev–Trinajstić information content (AvgIpc) is 3.39. The third kappa shape index (κ3) is 4.09. The molecule has 0 saturated carbocycles. The van der Waals surface area contributed by atoms with E-state index in [4.69, 9.17) is 9.15 Å². The van der Waals surface area contributed by atoms with Crippen LogP contribution in [0.2, 0.25) is 0 Å². The van der Waals surface area contributed by atoms with Gasteiger partial charge in [0.15, 0.2) is 12.4 Å². The van der Waals surface area contributed by atoms with E-state index in [1.165, 1.54) is 6.33 Å². The van der Waals surface area contributed by atoms with Crippen molar-refractivity contribution in [2.24, 2.45) is 0 Å². The van der Waals surface area contributed by atoms with Crippen LogP contribution in [0.15, 0.2) is 77.9 Å². The molecule has 4 rings (SSSR count). The van der Waals surface area contributed by atoms with E-state index in [1.54, 1.807) is 29.3 Å². The number of carbonyl (C=O) groups excluding carboxylic acids is 1. The lowest BCUT2D eigenvalue weighted by molar-refractivity contribution is 0.0439. The fraction of sp³-hybridized carbons (Fsp3) is 0.100. The molecule has 2 heterocycles. The lowest BCUT2D eigenvalue weighted by Crippen LogP contribution is -2.06. The van der Waals surface area contributed by atoms with E-state index < -0.39 is 5.97 Å². The molecule has 0 aliphatic rings. The molecule has 7 heteroatoms. The van der Waals surface area contributed by atoms with Crippen molar-refractivity contribution in [2.75, 3.05) is 0 Å². The van der Waals surface area contributed by atoms with Crippen LogP contribution in [0.3, 0.4) is 0 Å². The van der Waals surface area contributed by atoms with Gasteiger partial charge in [-0.25, -0.2) is 19.4 Å². The van der Waals surface area contributed by atoms with Gasteiger partial charge in [0.1, 0.15) is 12.7 Å². The second-order valence-electron chi connectivity index (χ2n) is 5.85. The highest BCUT2D eigenvalue weighted by Crippen LogP contribution is 2.20. The van der Waals surface area contributed by atoms with Crippen LogP contribution in [0, 0.1) is 0 Å². The molecule has 4 aromatic rings. The normalized spacial score (nSPS) is 10.7. The Morgan fingerprint density at radius 2 is 1.89 bits per heavy atom. The monoisotopic (exact) mass is 360 g/mol. The summed E-state index contributed by atoms with van der Waals surface area (Å²) in [6.45, 7) is 0.570. The average molecular weight is 360 g/mol. The second kappa shape index (κ2) is 7.65. The SMILES string of the molecule is O=C(OCc1ncc(-c2ccccc2)o1)c1ccc(Cn2cncn2)cc1. The minimum atomic E-state index is -0.429. The van der Waals surface area contributed by atoms with Crippen LogP contribution in [-0.4, -0.2) is 25.7 Å². The van der Waals surface area contributed by atoms with Crippen molar-refractivity contribution >= 4 is 5.97 Å². The van der Waals surface area contributed by atoms with Crippen molar-refractivity contribution in [3.63, 3.8) is 0 Å². The third-order valence-electron chi connectivity index (χ3n) is 3.94. The van der Waals surface area contributed by atoms with E-state index in [-0.39, 0.29) is 6.61 Å². The Balaban J connectivity index is 1.35. The van der Waals surface area contributed by atoms with Crippen LogP contribution >= 0.6 is 0 Å². The van der Waals surface area contributed by atoms with Crippen LogP contribution in [0.4, 0.5) is 0 Å². The van der Waals surface area contributed by atoms with Gasteiger partial charge in [-0.3, -0.25) is 0 Å². The van der Waals surface area contributed by atoms with Crippen molar-refractivity contribution in [1.29, 1.82) is 0 Å². The van der Waals surface area contributed by atoms with Crippen molar-refractivity contribution in [3.05, 3.63) is 90.5 Å². The van der Waals surface area contributed by atoms with Gasteiger partial charge >= 0.3 is 5.97 Å². The lowest BCUT2D eigenvalue weighted by Gasteiger charge is -2.04. The van der Waals surface area contributed by atoms with Gasteiger partial charge in [0, 0.05) is 5.56 Å². The van der Waals surface area contributed by atoms with E-state index in [2.05, 4.69) is 15.1 Å². The fourth-order valence-corrected chi connectivity index (χ4v) is 2.57. The molecule has 0 aliphatic heterocycles. The van der Waals surface area contributed by atoms with E-state index >= 15 is 0 Å². The van der Waals surface area contributed by atoms with Crippen molar-refractivity contribution < 1.29 is 13.9 Å². The molecule has 2 aromatic carbocycles. The largest absolute Gasteiger partial charge is 0.452 e. The Morgan fingerprint density at radius 1 is 1.07 bits per heavy atom. The summed E-state index contributed by atoms with van der Waals surface area (Å²) < 4.78 is 12.6. The first-order valence-corrected chi connectivity index (χ1v) is 8.36. The summed E-state index contributed by atoms with van der Waals surface area (Å²) in [4.78, 5) is 20.3. The molecule has 0 fully saturated rings. The predicted molar refractivity (Wildman–Crippen MR) is 96.6 cm³/mol. The van der Waals surface area contributed by atoms with Gasteiger partial charge in [0.05, 0.1) is 18.3 Å². The first-order chi connectivity index (χ1) is 13.3. The molecular weight excluding hydrogens is 344 g/mol. The van der Waals surface area contributed by atoms with Crippen LogP contribution < -0.4 is 0 Å². The number of rotatable bonds is 6. The number of benzene rings is 2. The van der Waals surface area contributed by atoms with Crippen LogP contribution in [0.5, 0.6) is 0 Å². The highest BCUT2D eigenvalue weighted by molar-refractivity contribution is 5.89. The maximum absolute atomic E-state index is 12.2. The van der Waals surface area contributed by atoms with E-state index in [0.29, 0.717) is 23.8 Å². The van der Waals surface area contributed by atoms with Crippen molar-refractivity contribution in [3.8, 4) is 11.3 Å². The van der Waals surface area contributed by atoms with Gasteiger partial charge < -0.3 is 9.15 Å². The second-order valence-corrected chi connectivity index (χ2v) is 5.85. The number of carbonyl (C=O) groups is 1. The zero-order valence-electron chi connectivity index (χ0n) is 14.4. The summed E-state index contributed by atoms with van der Waals surface area (Å²) in [5.41, 5.74) is 2.40. The lowest BCUT2D eigenvalue weighted by atomic mass is 10.1. The third-order valence-corrected chi connectivity index (χ3v) is 3.94. The van der Waals surface area contributed by atoms with E-state index in [9.17, 15) is 4.79 Å². The van der Waals surface area contributed by atoms with Crippen LogP contribution in [0.1, 0.15) is 21.8 Å². The van der Waals surface area contributed by atoms with Gasteiger partial charge in [-0.2, -0.15) is 5.10 Å². The van der Waals surface area contributed by atoms with Gasteiger partial charge in [0.25, 0.3) is 0 Å². The summed E-state index contributed by atoms with van der Waals surface area (Å²) in [6.07, 6.45) is 4.75. The molecule has 0 bridgehead atoms. The molecule has 0 aliphatic carbocycles. The summed E-state index contributed by atoms with van der Waals surface area (Å²) in [7, 11) is 0. The Labute approximate surface area is 155 Å². The minimum Gasteiger partial charge on any atom is -0.452 e. The first-order valence-electron chi connectivity index (χ1n) is 8.36. The molecule has 27 heavy (non-hydrogen) atoms. The molecule has 0 N–H and O–H groups in total. The van der Waals surface area contributed by atoms with Gasteiger partial charge in [-0.15, -0.1) is 0 Å². The van der Waals surface area contributed by atoms with Crippen LogP contribution in [-0.2, 0) is 17.9 Å². The topological polar surface area (TPSA) is 83.0 Å². The quantitative estimate of drug-likeness (QED) is 0.491. The maximum Gasteiger partial charge on any atom is 0.338 e. The number of hydrogen-bond donors (Lipinski definition) is 0. The number of esters is 1. The van der Waals surface area contributed by atoms with Gasteiger partial charge in [-0.1, -0.05) is 42.5 Å². The van der Waals surface area contributed by atoms with Crippen LogP contribution in [0.25, 0.3) is 11.3 Å². The smallest absolute Gasteiger partial charge is 0.338 e. The zero-order chi connectivity index (χ0) is 18.5. The summed E-state index contributed by atoms with van der Waals surface area (Å²) in [6, 6.07) is 16.8. The Morgan fingerprint density at radius 3 is 2.63 bits per heavy atom. The first kappa shape index (κ1) is 16.7. The molecule has 0 unspecified atom stereocenters. The van der Waals surface area contributed by atoms with E-state index in [0.717, 1.165) is 11.1 Å². The minimum absolute atomic E-state index is 0.0215. The Hall–Kier alpha value is -3.74. The maximum atomic E-state index is 12.2. The molecule has 0 radical (unpaired) electrons. The molecule has 134 valence electrons. The molecule has 0 saturated heterocycles. The Kier molecular flexibility index (Phi) is 4.74. The highest BCUT2D eigenvalue weighted by Gasteiger charge is 2.11. The molecule has 7 nitrogen and oxygen atoms in total. The molecule has 2 aromatic heterocycles. The number of hydrogen-bond acceptors (Lipinski definition) is 6. The summed E-state index contributed by atoms with van der Waals surface area (Å²) >= 11 is 0. The fourth-order valence-electron chi connectivity index (χ4n) is 2.57. The number of aromatic nitrogens is 4. The van der Waals surface area contributed by atoms with E-state index in [1.807, 2.05) is 42.5 Å². The molecular formula is C20H16N4O3. The summed E-state index contributed by atoms with van der Waals surface area (Å²) in [5, 5.41) is 4.05. The number of nitrogens with zero attached hydrogens (tertiary/aromatic N) is 4. The number of oxazole rings is 1. The predicted octanol–water partition coefficient (Wildman–Crippen LogP) is 3.34. The highest BCUT2D eigenvalue weighted by atomic mass is 16.5.